The largest absolute Gasteiger partial charge is 0.492 e. The van der Waals surface area contributed by atoms with Gasteiger partial charge in [0, 0.05) is 15.3 Å². The molecule has 0 fully saturated rings. The van der Waals surface area contributed by atoms with Gasteiger partial charge in [-0.2, -0.15) is 0 Å². The number of hydrogen-bond acceptors (Lipinski definition) is 3. The van der Waals surface area contributed by atoms with E-state index in [2.05, 4.69) is 27.6 Å². The molecule has 0 saturated carbocycles. The van der Waals surface area contributed by atoms with Gasteiger partial charge >= 0.3 is 0 Å². The van der Waals surface area contributed by atoms with Gasteiger partial charge in [-0.3, -0.25) is 4.98 Å². The molecule has 4 heteroatoms. The fraction of sp³-hybridized carbons (Fsp3) is 0.267. The van der Waals surface area contributed by atoms with Gasteiger partial charge in [-0.05, 0) is 60.2 Å². The third-order valence-electron chi connectivity index (χ3n) is 2.99. The van der Waals surface area contributed by atoms with Crippen LogP contribution in [-0.4, -0.2) is 16.7 Å². The predicted molar refractivity (Wildman–Crippen MR) is 83.2 cm³/mol. The highest BCUT2D eigenvalue weighted by Crippen LogP contribution is 2.30. The molecular formula is C15H16INO2. The Morgan fingerprint density at radius 3 is 2.53 bits per heavy atom. The Bertz CT molecular complexity index is 552. The highest BCUT2D eigenvalue weighted by Gasteiger charge is 2.26. The lowest BCUT2D eigenvalue weighted by Crippen LogP contribution is -2.23. The minimum atomic E-state index is -1.08. The summed E-state index contributed by atoms with van der Waals surface area (Å²) in [6.07, 6.45) is 3.32. The molecule has 0 radical (unpaired) electrons. The van der Waals surface area contributed by atoms with Crippen LogP contribution in [0.2, 0.25) is 0 Å². The molecule has 19 heavy (non-hydrogen) atoms. The van der Waals surface area contributed by atoms with Crippen molar-refractivity contribution in [3.63, 3.8) is 0 Å². The van der Waals surface area contributed by atoms with Gasteiger partial charge in [0.1, 0.15) is 11.4 Å². The van der Waals surface area contributed by atoms with E-state index in [0.29, 0.717) is 12.4 Å². The molecule has 1 aromatic heterocycles. The number of nitrogens with zero attached hydrogens (tertiary/aromatic N) is 1. The number of halogens is 1. The average Bonchev–Trinajstić information content (AvgIpc) is 2.40. The molecule has 3 nitrogen and oxygen atoms in total. The van der Waals surface area contributed by atoms with E-state index in [0.717, 1.165) is 14.7 Å². The summed E-state index contributed by atoms with van der Waals surface area (Å²) in [5.41, 5.74) is 0.479. The van der Waals surface area contributed by atoms with Crippen LogP contribution in [0, 0.1) is 3.57 Å². The maximum Gasteiger partial charge on any atom is 0.137 e. The molecule has 1 atom stereocenters. The fourth-order valence-electron chi connectivity index (χ4n) is 1.87. The zero-order valence-corrected chi connectivity index (χ0v) is 13.1. The summed E-state index contributed by atoms with van der Waals surface area (Å²) >= 11 is 2.24. The van der Waals surface area contributed by atoms with Crippen molar-refractivity contribution in [2.75, 3.05) is 6.61 Å². The van der Waals surface area contributed by atoms with Gasteiger partial charge in [-0.25, -0.2) is 0 Å². The van der Waals surface area contributed by atoms with Crippen LogP contribution in [0.15, 0.2) is 42.7 Å². The van der Waals surface area contributed by atoms with Crippen molar-refractivity contribution in [1.29, 1.82) is 0 Å². The lowest BCUT2D eigenvalue weighted by Gasteiger charge is -2.24. The molecular weight excluding hydrogens is 353 g/mol. The third kappa shape index (κ3) is 3.25. The van der Waals surface area contributed by atoms with Crippen molar-refractivity contribution in [3.8, 4) is 5.75 Å². The summed E-state index contributed by atoms with van der Waals surface area (Å²) in [5.74, 6) is 0.672. The van der Waals surface area contributed by atoms with E-state index in [1.807, 2.05) is 37.3 Å². The van der Waals surface area contributed by atoms with Crippen LogP contribution in [0.1, 0.15) is 25.0 Å². The van der Waals surface area contributed by atoms with Crippen LogP contribution in [0.25, 0.3) is 0 Å². The van der Waals surface area contributed by atoms with Crippen LogP contribution in [-0.2, 0) is 5.60 Å². The molecule has 0 aliphatic carbocycles. The second-order valence-corrected chi connectivity index (χ2v) is 5.67. The van der Waals surface area contributed by atoms with Crippen molar-refractivity contribution >= 4 is 22.6 Å². The second kappa shape index (κ2) is 5.88. The zero-order chi connectivity index (χ0) is 13.9. The molecule has 2 aromatic rings. The molecule has 0 saturated heterocycles. The molecule has 0 aliphatic rings. The monoisotopic (exact) mass is 369 g/mol. The van der Waals surface area contributed by atoms with Gasteiger partial charge in [-0.1, -0.05) is 12.1 Å². The smallest absolute Gasteiger partial charge is 0.137 e. The first kappa shape index (κ1) is 14.3. The minimum Gasteiger partial charge on any atom is -0.492 e. The van der Waals surface area contributed by atoms with E-state index < -0.39 is 5.60 Å². The Kier molecular flexibility index (Phi) is 4.42. The van der Waals surface area contributed by atoms with Gasteiger partial charge in [0.2, 0.25) is 0 Å². The van der Waals surface area contributed by atoms with Gasteiger partial charge in [0.15, 0.2) is 0 Å². The summed E-state index contributed by atoms with van der Waals surface area (Å²) < 4.78 is 6.56. The molecule has 0 amide bonds. The average molecular weight is 369 g/mol. The van der Waals surface area contributed by atoms with E-state index in [1.54, 1.807) is 19.3 Å². The van der Waals surface area contributed by atoms with E-state index >= 15 is 0 Å². The van der Waals surface area contributed by atoms with Crippen molar-refractivity contribution in [2.24, 2.45) is 0 Å². The van der Waals surface area contributed by atoms with Crippen molar-refractivity contribution in [3.05, 3.63) is 57.4 Å². The number of hydrogen-bond donors (Lipinski definition) is 1. The SMILES string of the molecule is CCOc1cncc(C(C)(O)c2ccc(I)cc2)c1. The van der Waals surface area contributed by atoms with E-state index in [4.69, 9.17) is 4.74 Å². The number of benzene rings is 1. The van der Waals surface area contributed by atoms with Gasteiger partial charge in [0.05, 0.1) is 12.8 Å². The molecule has 100 valence electrons. The van der Waals surface area contributed by atoms with Gasteiger partial charge in [-0.15, -0.1) is 0 Å². The number of ether oxygens (including phenoxy) is 1. The molecule has 0 aliphatic heterocycles. The van der Waals surface area contributed by atoms with E-state index in [9.17, 15) is 5.11 Å². The van der Waals surface area contributed by atoms with Gasteiger partial charge in [0.25, 0.3) is 0 Å². The fourth-order valence-corrected chi connectivity index (χ4v) is 2.23. The molecule has 1 N–H and O–H groups in total. The summed E-state index contributed by atoms with van der Waals surface area (Å²) in [6.45, 7) is 4.27. The van der Waals surface area contributed by atoms with E-state index in [1.165, 1.54) is 0 Å². The summed E-state index contributed by atoms with van der Waals surface area (Å²) in [6, 6.07) is 9.63. The first-order chi connectivity index (χ1) is 9.04. The Hall–Kier alpha value is -1.14. The van der Waals surface area contributed by atoms with Crippen LogP contribution in [0.5, 0.6) is 5.75 Å². The highest BCUT2D eigenvalue weighted by molar-refractivity contribution is 14.1. The van der Waals surface area contributed by atoms with Crippen LogP contribution in [0.3, 0.4) is 0 Å². The third-order valence-corrected chi connectivity index (χ3v) is 3.71. The highest BCUT2D eigenvalue weighted by atomic mass is 127. The molecule has 0 spiro atoms. The van der Waals surface area contributed by atoms with Crippen LogP contribution >= 0.6 is 22.6 Å². The molecule has 2 rings (SSSR count). The lowest BCUT2D eigenvalue weighted by atomic mass is 9.89. The van der Waals surface area contributed by atoms with Crippen molar-refractivity contribution in [1.82, 2.24) is 4.98 Å². The maximum absolute atomic E-state index is 10.7. The first-order valence-corrected chi connectivity index (χ1v) is 7.18. The summed E-state index contributed by atoms with van der Waals surface area (Å²) in [5, 5.41) is 10.7. The molecule has 1 unspecified atom stereocenters. The first-order valence-electron chi connectivity index (χ1n) is 6.10. The molecule has 1 heterocycles. The number of pyridine rings is 1. The standard InChI is InChI=1S/C15H16INO2/c1-3-19-14-8-12(9-17-10-14)15(2,18)11-4-6-13(16)7-5-11/h4-10,18H,3H2,1-2H3. The van der Waals surface area contributed by atoms with Crippen molar-refractivity contribution < 1.29 is 9.84 Å². The Labute approximate surface area is 126 Å². The predicted octanol–water partition coefficient (Wildman–Crippen LogP) is 3.34. The van der Waals surface area contributed by atoms with Crippen molar-refractivity contribution in [2.45, 2.75) is 19.4 Å². The quantitative estimate of drug-likeness (QED) is 0.841. The summed E-state index contributed by atoms with van der Waals surface area (Å²) in [7, 11) is 0. The zero-order valence-electron chi connectivity index (χ0n) is 10.9. The van der Waals surface area contributed by atoms with Gasteiger partial charge < -0.3 is 9.84 Å². The lowest BCUT2D eigenvalue weighted by molar-refractivity contribution is 0.101. The van der Waals surface area contributed by atoms with E-state index in [-0.39, 0.29) is 0 Å². The van der Waals surface area contributed by atoms with Crippen LogP contribution < -0.4 is 4.74 Å². The maximum atomic E-state index is 10.7. The molecule has 1 aromatic carbocycles. The molecule has 0 bridgehead atoms. The Morgan fingerprint density at radius 1 is 1.21 bits per heavy atom. The number of aromatic nitrogens is 1. The number of rotatable bonds is 4. The topological polar surface area (TPSA) is 42.4 Å². The Morgan fingerprint density at radius 2 is 1.89 bits per heavy atom. The summed E-state index contributed by atoms with van der Waals surface area (Å²) in [4.78, 5) is 4.13. The second-order valence-electron chi connectivity index (χ2n) is 4.42. The van der Waals surface area contributed by atoms with Crippen LogP contribution in [0.4, 0.5) is 0 Å². The Balaban J connectivity index is 2.37. The number of aliphatic hydroxyl groups is 1. The minimum absolute atomic E-state index is 0.580. The normalized spacial score (nSPS) is 13.9.